The lowest BCUT2D eigenvalue weighted by molar-refractivity contribution is 0.0559. The summed E-state index contributed by atoms with van der Waals surface area (Å²) < 4.78 is 0. The first-order valence-corrected chi connectivity index (χ1v) is 10.5. The van der Waals surface area contributed by atoms with E-state index in [1.54, 1.807) is 0 Å². The molecule has 0 spiro atoms. The molecule has 2 aliphatic rings. The van der Waals surface area contributed by atoms with Crippen LogP contribution in [0.2, 0.25) is 0 Å². The highest BCUT2D eigenvalue weighted by Crippen LogP contribution is 2.29. The molecule has 4 rings (SSSR count). The van der Waals surface area contributed by atoms with E-state index in [0.717, 1.165) is 12.5 Å². The van der Waals surface area contributed by atoms with E-state index in [2.05, 4.69) is 70.5 Å². The van der Waals surface area contributed by atoms with Crippen molar-refractivity contribution in [1.82, 2.24) is 9.80 Å². The Bertz CT molecular complexity index is 647. The fourth-order valence-electron chi connectivity index (χ4n) is 4.83. The van der Waals surface area contributed by atoms with Crippen LogP contribution in [0, 0.1) is 0 Å². The molecule has 0 radical (unpaired) electrons. The molecule has 2 fully saturated rings. The zero-order chi connectivity index (χ0) is 17.6. The summed E-state index contributed by atoms with van der Waals surface area (Å²) in [7, 11) is 0. The molecule has 1 saturated heterocycles. The summed E-state index contributed by atoms with van der Waals surface area (Å²) in [5, 5.41) is 0. The molecule has 1 heterocycles. The van der Waals surface area contributed by atoms with Gasteiger partial charge in [0.15, 0.2) is 0 Å². The van der Waals surface area contributed by atoms with Crippen LogP contribution < -0.4 is 0 Å². The lowest BCUT2D eigenvalue weighted by Crippen LogP contribution is -2.51. The molecule has 27 heavy (non-hydrogen) atoms. The Morgan fingerprint density at radius 1 is 0.741 bits per heavy atom. The van der Waals surface area contributed by atoms with Gasteiger partial charge >= 0.3 is 0 Å². The number of benzene rings is 2. The minimum absolute atomic E-state index is 0. The maximum Gasteiger partial charge on any atom is 0.0389 e. The molecule has 1 aliphatic heterocycles. The van der Waals surface area contributed by atoms with Crippen molar-refractivity contribution in [3.8, 4) is 0 Å². The molecule has 0 aromatic heterocycles. The Labute approximate surface area is 171 Å². The van der Waals surface area contributed by atoms with Crippen LogP contribution in [0.15, 0.2) is 60.7 Å². The molecule has 1 saturated carbocycles. The molecule has 2 aromatic rings. The van der Waals surface area contributed by atoms with E-state index in [0.29, 0.717) is 6.04 Å². The molecular weight excluding hydrogens is 352 g/mol. The average molecular weight is 385 g/mol. The van der Waals surface area contributed by atoms with Crippen molar-refractivity contribution in [2.24, 2.45) is 0 Å². The van der Waals surface area contributed by atoms with E-state index in [4.69, 9.17) is 0 Å². The van der Waals surface area contributed by atoms with E-state index in [-0.39, 0.29) is 12.4 Å². The SMILES string of the molecule is Cl.c1ccc(CC(c2ccccc2)N2CCN(C3CCCCC3)CC2)cc1. The van der Waals surface area contributed by atoms with E-state index < -0.39 is 0 Å². The first-order chi connectivity index (χ1) is 12.9. The van der Waals surface area contributed by atoms with Gasteiger partial charge in [0.25, 0.3) is 0 Å². The highest BCUT2D eigenvalue weighted by molar-refractivity contribution is 5.85. The van der Waals surface area contributed by atoms with Crippen LogP contribution in [0.3, 0.4) is 0 Å². The predicted octanol–water partition coefficient (Wildman–Crippen LogP) is 5.34. The summed E-state index contributed by atoms with van der Waals surface area (Å²) in [4.78, 5) is 5.50. The number of nitrogens with zero attached hydrogens (tertiary/aromatic N) is 2. The maximum atomic E-state index is 2.78. The fourth-order valence-corrected chi connectivity index (χ4v) is 4.83. The molecule has 0 bridgehead atoms. The highest BCUT2D eigenvalue weighted by atomic mass is 35.5. The Kier molecular flexibility index (Phi) is 7.75. The van der Waals surface area contributed by atoms with Crippen LogP contribution in [-0.4, -0.2) is 42.0 Å². The fraction of sp³-hybridized carbons (Fsp3) is 0.500. The van der Waals surface area contributed by atoms with Crippen LogP contribution >= 0.6 is 12.4 Å². The van der Waals surface area contributed by atoms with Gasteiger partial charge in [-0.3, -0.25) is 9.80 Å². The molecule has 1 unspecified atom stereocenters. The van der Waals surface area contributed by atoms with Gasteiger partial charge in [-0.15, -0.1) is 12.4 Å². The van der Waals surface area contributed by atoms with E-state index in [1.165, 1.54) is 69.4 Å². The number of hydrogen-bond acceptors (Lipinski definition) is 2. The third-order valence-corrected chi connectivity index (χ3v) is 6.34. The molecule has 146 valence electrons. The minimum Gasteiger partial charge on any atom is -0.298 e. The summed E-state index contributed by atoms with van der Waals surface area (Å²) in [5.41, 5.74) is 2.90. The van der Waals surface area contributed by atoms with Crippen molar-refractivity contribution in [2.75, 3.05) is 26.2 Å². The molecular formula is C24H33ClN2. The number of piperazine rings is 1. The van der Waals surface area contributed by atoms with Crippen molar-refractivity contribution < 1.29 is 0 Å². The predicted molar refractivity (Wildman–Crippen MR) is 117 cm³/mol. The zero-order valence-electron chi connectivity index (χ0n) is 16.3. The quantitative estimate of drug-likeness (QED) is 0.686. The van der Waals surface area contributed by atoms with E-state index in [1.807, 2.05) is 0 Å². The Morgan fingerprint density at radius 3 is 1.96 bits per heavy atom. The largest absolute Gasteiger partial charge is 0.298 e. The van der Waals surface area contributed by atoms with Gasteiger partial charge in [0.2, 0.25) is 0 Å². The molecule has 1 aliphatic carbocycles. The number of halogens is 1. The first-order valence-electron chi connectivity index (χ1n) is 10.5. The van der Waals surface area contributed by atoms with Gasteiger partial charge in [0.05, 0.1) is 0 Å². The smallest absolute Gasteiger partial charge is 0.0389 e. The summed E-state index contributed by atoms with van der Waals surface area (Å²) in [6, 6.07) is 23.5. The topological polar surface area (TPSA) is 6.48 Å². The minimum atomic E-state index is 0. The molecule has 3 heteroatoms. The first kappa shape index (κ1) is 20.4. The van der Waals surface area contributed by atoms with Crippen LogP contribution in [0.5, 0.6) is 0 Å². The van der Waals surface area contributed by atoms with Crippen molar-refractivity contribution in [3.63, 3.8) is 0 Å². The number of hydrogen-bond donors (Lipinski definition) is 0. The normalized spacial score (nSPS) is 20.7. The highest BCUT2D eigenvalue weighted by Gasteiger charge is 2.29. The van der Waals surface area contributed by atoms with Gasteiger partial charge < -0.3 is 0 Å². The third-order valence-electron chi connectivity index (χ3n) is 6.34. The molecule has 2 aromatic carbocycles. The van der Waals surface area contributed by atoms with E-state index in [9.17, 15) is 0 Å². The molecule has 0 N–H and O–H groups in total. The van der Waals surface area contributed by atoms with Crippen molar-refractivity contribution in [2.45, 2.75) is 50.6 Å². The van der Waals surface area contributed by atoms with Crippen molar-refractivity contribution in [3.05, 3.63) is 71.8 Å². The van der Waals surface area contributed by atoms with Crippen LogP contribution in [0.25, 0.3) is 0 Å². The molecule has 0 amide bonds. The second-order valence-corrected chi connectivity index (χ2v) is 7.98. The van der Waals surface area contributed by atoms with Gasteiger partial charge in [-0.25, -0.2) is 0 Å². The van der Waals surface area contributed by atoms with Gasteiger partial charge in [-0.1, -0.05) is 79.9 Å². The van der Waals surface area contributed by atoms with Gasteiger partial charge in [-0.2, -0.15) is 0 Å². The summed E-state index contributed by atoms with van der Waals surface area (Å²) in [5.74, 6) is 0. The standard InChI is InChI=1S/C24H32N2.ClH/c1-4-10-21(11-5-1)20-24(22-12-6-2-7-13-22)26-18-16-25(17-19-26)23-14-8-3-9-15-23;/h1-2,4-7,10-13,23-24H,3,8-9,14-20H2;1H. The van der Waals surface area contributed by atoms with Crippen molar-refractivity contribution >= 4 is 12.4 Å². The molecule has 2 nitrogen and oxygen atoms in total. The lowest BCUT2D eigenvalue weighted by Gasteiger charge is -2.43. The Hall–Kier alpha value is -1.35. The Morgan fingerprint density at radius 2 is 1.33 bits per heavy atom. The van der Waals surface area contributed by atoms with Gasteiger partial charge in [0, 0.05) is 38.3 Å². The van der Waals surface area contributed by atoms with Crippen LogP contribution in [0.4, 0.5) is 0 Å². The second-order valence-electron chi connectivity index (χ2n) is 7.98. The van der Waals surface area contributed by atoms with Crippen molar-refractivity contribution in [1.29, 1.82) is 0 Å². The van der Waals surface area contributed by atoms with Crippen LogP contribution in [0.1, 0.15) is 49.3 Å². The monoisotopic (exact) mass is 384 g/mol. The Balaban J connectivity index is 0.00000210. The lowest BCUT2D eigenvalue weighted by atomic mass is 9.93. The van der Waals surface area contributed by atoms with Crippen LogP contribution in [-0.2, 0) is 6.42 Å². The number of rotatable bonds is 5. The summed E-state index contributed by atoms with van der Waals surface area (Å²) >= 11 is 0. The molecule has 1 atom stereocenters. The maximum absolute atomic E-state index is 2.78. The second kappa shape index (κ2) is 10.3. The van der Waals surface area contributed by atoms with Gasteiger partial charge in [-0.05, 0) is 30.4 Å². The van der Waals surface area contributed by atoms with Gasteiger partial charge in [0.1, 0.15) is 0 Å². The summed E-state index contributed by atoms with van der Waals surface area (Å²) in [6.45, 7) is 4.87. The zero-order valence-corrected chi connectivity index (χ0v) is 17.1. The summed E-state index contributed by atoms with van der Waals surface area (Å²) in [6.07, 6.45) is 8.27. The third kappa shape index (κ3) is 5.34. The average Bonchev–Trinajstić information content (AvgIpc) is 2.74. The van der Waals surface area contributed by atoms with E-state index >= 15 is 0 Å².